The van der Waals surface area contributed by atoms with E-state index in [1.54, 1.807) is 0 Å². The molecule has 1 aliphatic rings. The zero-order chi connectivity index (χ0) is 17.9. The number of amides is 1. The van der Waals surface area contributed by atoms with E-state index in [-0.39, 0.29) is 17.4 Å². The SMILES string of the molecule is CC(CC(C)(C)c1ccccc1)NC(=O)c1ccc2c(c1)CCCC2. The zero-order valence-electron chi connectivity index (χ0n) is 15.6. The maximum atomic E-state index is 12.7. The topological polar surface area (TPSA) is 29.1 Å². The van der Waals surface area contributed by atoms with E-state index in [0.717, 1.165) is 24.8 Å². The van der Waals surface area contributed by atoms with Crippen LogP contribution in [0.4, 0.5) is 0 Å². The van der Waals surface area contributed by atoms with Crippen LogP contribution in [0, 0.1) is 0 Å². The van der Waals surface area contributed by atoms with Gasteiger partial charge in [0.1, 0.15) is 0 Å². The summed E-state index contributed by atoms with van der Waals surface area (Å²) in [6, 6.07) is 16.9. The molecule has 2 heteroatoms. The van der Waals surface area contributed by atoms with Crippen LogP contribution in [-0.4, -0.2) is 11.9 Å². The fraction of sp³-hybridized carbons (Fsp3) is 0.435. The molecule has 0 aromatic heterocycles. The molecule has 1 amide bonds. The summed E-state index contributed by atoms with van der Waals surface area (Å²) in [7, 11) is 0. The minimum atomic E-state index is 0.0316. The molecule has 0 saturated carbocycles. The largest absolute Gasteiger partial charge is 0.350 e. The van der Waals surface area contributed by atoms with Gasteiger partial charge in [-0.3, -0.25) is 4.79 Å². The third-order valence-electron chi connectivity index (χ3n) is 5.36. The number of carbonyl (C=O) groups is 1. The van der Waals surface area contributed by atoms with Gasteiger partial charge in [-0.2, -0.15) is 0 Å². The molecule has 0 radical (unpaired) electrons. The maximum Gasteiger partial charge on any atom is 0.251 e. The number of hydrogen-bond acceptors (Lipinski definition) is 1. The van der Waals surface area contributed by atoms with E-state index in [2.05, 4.69) is 62.5 Å². The first-order valence-corrected chi connectivity index (χ1v) is 9.44. The normalized spacial score (nSPS) is 15.3. The van der Waals surface area contributed by atoms with E-state index in [1.807, 2.05) is 12.1 Å². The van der Waals surface area contributed by atoms with Gasteiger partial charge in [-0.05, 0) is 73.3 Å². The molecule has 1 unspecified atom stereocenters. The fourth-order valence-corrected chi connectivity index (χ4v) is 4.01. The average Bonchev–Trinajstić information content (AvgIpc) is 2.61. The Labute approximate surface area is 151 Å². The molecule has 1 N–H and O–H groups in total. The highest BCUT2D eigenvalue weighted by atomic mass is 16.1. The minimum absolute atomic E-state index is 0.0316. The first kappa shape index (κ1) is 17.7. The molecule has 2 nitrogen and oxygen atoms in total. The van der Waals surface area contributed by atoms with E-state index in [1.165, 1.54) is 29.5 Å². The van der Waals surface area contributed by atoms with E-state index in [9.17, 15) is 4.79 Å². The Hall–Kier alpha value is -2.09. The van der Waals surface area contributed by atoms with Gasteiger partial charge in [0.15, 0.2) is 0 Å². The molecule has 132 valence electrons. The Balaban J connectivity index is 1.64. The van der Waals surface area contributed by atoms with Crippen molar-refractivity contribution in [1.29, 1.82) is 0 Å². The lowest BCUT2D eigenvalue weighted by molar-refractivity contribution is 0.0934. The molecule has 25 heavy (non-hydrogen) atoms. The van der Waals surface area contributed by atoms with Crippen LogP contribution in [-0.2, 0) is 18.3 Å². The Kier molecular flexibility index (Phi) is 5.27. The van der Waals surface area contributed by atoms with E-state index < -0.39 is 0 Å². The van der Waals surface area contributed by atoms with E-state index >= 15 is 0 Å². The summed E-state index contributed by atoms with van der Waals surface area (Å²) in [5.41, 5.74) is 4.91. The van der Waals surface area contributed by atoms with Crippen LogP contribution < -0.4 is 5.32 Å². The number of hydrogen-bond donors (Lipinski definition) is 1. The van der Waals surface area contributed by atoms with Gasteiger partial charge in [-0.1, -0.05) is 50.2 Å². The summed E-state index contributed by atoms with van der Waals surface area (Å²) < 4.78 is 0. The highest BCUT2D eigenvalue weighted by molar-refractivity contribution is 5.94. The number of rotatable bonds is 5. The average molecular weight is 335 g/mol. The zero-order valence-corrected chi connectivity index (χ0v) is 15.6. The second-order valence-electron chi connectivity index (χ2n) is 8.02. The van der Waals surface area contributed by atoms with Crippen molar-refractivity contribution in [3.63, 3.8) is 0 Å². The molecule has 3 rings (SSSR count). The smallest absolute Gasteiger partial charge is 0.251 e. The van der Waals surface area contributed by atoms with Crippen LogP contribution in [0.15, 0.2) is 48.5 Å². The molecular weight excluding hydrogens is 306 g/mol. The van der Waals surface area contributed by atoms with Crippen LogP contribution in [0.25, 0.3) is 0 Å². The van der Waals surface area contributed by atoms with Gasteiger partial charge < -0.3 is 5.32 Å². The van der Waals surface area contributed by atoms with Gasteiger partial charge in [-0.25, -0.2) is 0 Å². The molecule has 2 aromatic carbocycles. The molecule has 1 aliphatic carbocycles. The summed E-state index contributed by atoms with van der Waals surface area (Å²) in [4.78, 5) is 12.7. The van der Waals surface area contributed by atoms with Gasteiger partial charge in [0.2, 0.25) is 0 Å². The Morgan fingerprint density at radius 3 is 2.44 bits per heavy atom. The van der Waals surface area contributed by atoms with Crippen molar-refractivity contribution >= 4 is 5.91 Å². The fourth-order valence-electron chi connectivity index (χ4n) is 4.01. The number of carbonyl (C=O) groups excluding carboxylic acids is 1. The van der Waals surface area contributed by atoms with E-state index in [4.69, 9.17) is 0 Å². The third-order valence-corrected chi connectivity index (χ3v) is 5.36. The predicted octanol–water partition coefficient (Wildman–Crippen LogP) is 5.05. The molecule has 0 fully saturated rings. The lowest BCUT2D eigenvalue weighted by atomic mass is 9.79. The maximum absolute atomic E-state index is 12.7. The molecule has 2 aromatic rings. The number of nitrogens with one attached hydrogen (secondary N) is 1. The van der Waals surface area contributed by atoms with Gasteiger partial charge in [-0.15, -0.1) is 0 Å². The van der Waals surface area contributed by atoms with Gasteiger partial charge in [0, 0.05) is 11.6 Å². The monoisotopic (exact) mass is 335 g/mol. The van der Waals surface area contributed by atoms with Crippen LogP contribution >= 0.6 is 0 Å². The summed E-state index contributed by atoms with van der Waals surface area (Å²) in [6.45, 7) is 6.58. The van der Waals surface area contributed by atoms with Gasteiger partial charge in [0.25, 0.3) is 5.91 Å². The Morgan fingerprint density at radius 2 is 1.72 bits per heavy atom. The van der Waals surface area contributed by atoms with Crippen molar-refractivity contribution in [3.8, 4) is 0 Å². The number of benzene rings is 2. The van der Waals surface area contributed by atoms with Crippen molar-refractivity contribution < 1.29 is 4.79 Å². The number of fused-ring (bicyclic) bond motifs is 1. The van der Waals surface area contributed by atoms with Crippen LogP contribution in [0.3, 0.4) is 0 Å². The predicted molar refractivity (Wildman–Crippen MR) is 104 cm³/mol. The van der Waals surface area contributed by atoms with Crippen LogP contribution in [0.1, 0.15) is 67.1 Å². The Bertz CT molecular complexity index is 733. The highest BCUT2D eigenvalue weighted by Crippen LogP contribution is 2.28. The molecule has 1 atom stereocenters. The van der Waals surface area contributed by atoms with Gasteiger partial charge in [0.05, 0.1) is 0 Å². The standard InChI is InChI=1S/C23H29NO/c1-17(16-23(2,3)21-11-5-4-6-12-21)24-22(25)20-14-13-18-9-7-8-10-19(18)15-20/h4-6,11-15,17H,7-10,16H2,1-3H3,(H,24,25). The summed E-state index contributed by atoms with van der Waals surface area (Å²) in [6.07, 6.45) is 5.67. The molecule has 0 spiro atoms. The minimum Gasteiger partial charge on any atom is -0.350 e. The van der Waals surface area contributed by atoms with Crippen molar-refractivity contribution in [2.24, 2.45) is 0 Å². The lowest BCUT2D eigenvalue weighted by Crippen LogP contribution is -2.37. The highest BCUT2D eigenvalue weighted by Gasteiger charge is 2.24. The first-order chi connectivity index (χ1) is 12.0. The van der Waals surface area contributed by atoms with Crippen molar-refractivity contribution in [3.05, 3.63) is 70.8 Å². The van der Waals surface area contributed by atoms with Gasteiger partial charge >= 0.3 is 0 Å². The lowest BCUT2D eigenvalue weighted by Gasteiger charge is -2.29. The summed E-state index contributed by atoms with van der Waals surface area (Å²) in [5, 5.41) is 3.19. The second kappa shape index (κ2) is 7.43. The molecule has 0 heterocycles. The van der Waals surface area contributed by atoms with Crippen LogP contribution in [0.5, 0.6) is 0 Å². The second-order valence-corrected chi connectivity index (χ2v) is 8.02. The quantitative estimate of drug-likeness (QED) is 0.814. The van der Waals surface area contributed by atoms with Crippen molar-refractivity contribution in [1.82, 2.24) is 5.32 Å². The van der Waals surface area contributed by atoms with Crippen molar-refractivity contribution in [2.45, 2.75) is 64.3 Å². The molecular formula is C23H29NO. The van der Waals surface area contributed by atoms with Crippen molar-refractivity contribution in [2.75, 3.05) is 0 Å². The Morgan fingerprint density at radius 1 is 1.04 bits per heavy atom. The number of aryl methyl sites for hydroxylation is 2. The summed E-state index contributed by atoms with van der Waals surface area (Å²) >= 11 is 0. The van der Waals surface area contributed by atoms with E-state index in [0.29, 0.717) is 0 Å². The molecule has 0 aliphatic heterocycles. The molecule has 0 saturated heterocycles. The third kappa shape index (κ3) is 4.31. The molecule has 0 bridgehead atoms. The summed E-state index contributed by atoms with van der Waals surface area (Å²) in [5.74, 6) is 0.0461. The first-order valence-electron chi connectivity index (χ1n) is 9.44. The van der Waals surface area contributed by atoms with Crippen LogP contribution in [0.2, 0.25) is 0 Å².